The van der Waals surface area contributed by atoms with Gasteiger partial charge in [0.05, 0.1) is 10.6 Å². The Bertz CT molecular complexity index is 1490. The highest BCUT2D eigenvalue weighted by atomic mass is 19.1. The van der Waals surface area contributed by atoms with Crippen LogP contribution in [0.5, 0.6) is 0 Å². The van der Waals surface area contributed by atoms with Crippen molar-refractivity contribution in [3.63, 3.8) is 0 Å². The summed E-state index contributed by atoms with van der Waals surface area (Å²) in [6.45, 7) is 5.70. The fraction of sp³-hybridized carbons (Fsp3) is 0.294. The molecule has 4 aromatic carbocycles. The fourth-order valence-electron chi connectivity index (χ4n) is 5.90. The maximum absolute atomic E-state index is 13.7. The molecule has 2 heterocycles. The van der Waals surface area contributed by atoms with Gasteiger partial charge in [-0.2, -0.15) is 4.39 Å². The molecule has 2 saturated heterocycles. The molecule has 6 rings (SSSR count). The number of nitrogen functional groups attached to an aromatic ring is 1. The van der Waals surface area contributed by atoms with Crippen molar-refractivity contribution >= 4 is 11.4 Å². The lowest BCUT2D eigenvalue weighted by molar-refractivity contribution is -0.387. The van der Waals surface area contributed by atoms with Crippen molar-refractivity contribution in [2.75, 3.05) is 31.9 Å². The number of nitro groups is 1. The summed E-state index contributed by atoms with van der Waals surface area (Å²) in [6, 6.07) is 30.2. The number of rotatable bonds is 7. The van der Waals surface area contributed by atoms with Crippen LogP contribution in [-0.4, -0.2) is 40.9 Å². The minimum absolute atomic E-state index is 0.230. The van der Waals surface area contributed by atoms with Crippen LogP contribution in [0, 0.1) is 21.7 Å². The average Bonchev–Trinajstić information content (AvgIpc) is 3.66. The molecule has 0 aromatic heterocycles. The summed E-state index contributed by atoms with van der Waals surface area (Å²) < 4.78 is 27.3. The molecule has 218 valence electrons. The van der Waals surface area contributed by atoms with Crippen molar-refractivity contribution in [1.82, 2.24) is 9.80 Å². The molecule has 2 unspecified atom stereocenters. The van der Waals surface area contributed by atoms with Gasteiger partial charge < -0.3 is 5.73 Å². The lowest BCUT2D eigenvalue weighted by Gasteiger charge is -2.16. The number of hydrogen-bond acceptors (Lipinski definition) is 5. The third kappa shape index (κ3) is 7.57. The summed E-state index contributed by atoms with van der Waals surface area (Å²) in [5.41, 5.74) is 9.81. The quantitative estimate of drug-likeness (QED) is 0.145. The first kappa shape index (κ1) is 29.4. The van der Waals surface area contributed by atoms with Crippen molar-refractivity contribution in [2.45, 2.75) is 37.8 Å². The molecule has 0 spiro atoms. The number of likely N-dealkylation sites (tertiary alicyclic amines) is 2. The highest BCUT2D eigenvalue weighted by Crippen LogP contribution is 2.31. The molecule has 0 radical (unpaired) electrons. The van der Waals surface area contributed by atoms with E-state index in [1.165, 1.54) is 23.3 Å². The highest BCUT2D eigenvalue weighted by molar-refractivity contribution is 5.42. The van der Waals surface area contributed by atoms with Gasteiger partial charge >= 0.3 is 5.69 Å². The largest absolute Gasteiger partial charge is 0.396 e. The number of nitro benzene ring substituents is 1. The van der Waals surface area contributed by atoms with Crippen LogP contribution in [0.15, 0.2) is 97.1 Å². The third-order valence-electron chi connectivity index (χ3n) is 8.18. The van der Waals surface area contributed by atoms with Crippen molar-refractivity contribution in [2.24, 2.45) is 0 Å². The lowest BCUT2D eigenvalue weighted by Crippen LogP contribution is -2.19. The monoisotopic (exact) mass is 570 g/mol. The van der Waals surface area contributed by atoms with Gasteiger partial charge in [0, 0.05) is 32.2 Å². The van der Waals surface area contributed by atoms with Crippen molar-refractivity contribution in [3.05, 3.63) is 141 Å². The molecule has 0 bridgehead atoms. The van der Waals surface area contributed by atoms with Crippen LogP contribution in [0.25, 0.3) is 0 Å². The second kappa shape index (κ2) is 13.7. The summed E-state index contributed by atoms with van der Waals surface area (Å²) in [6.07, 6.45) is 2.03. The molecular formula is C34H36F2N4O2. The van der Waals surface area contributed by atoms with Gasteiger partial charge in [-0.25, -0.2) is 4.39 Å². The van der Waals surface area contributed by atoms with E-state index in [0.29, 0.717) is 5.92 Å². The summed E-state index contributed by atoms with van der Waals surface area (Å²) >= 11 is 0. The Labute approximate surface area is 245 Å². The fourth-order valence-corrected chi connectivity index (χ4v) is 5.90. The van der Waals surface area contributed by atoms with Crippen LogP contribution in [0.4, 0.5) is 20.2 Å². The Morgan fingerprint density at radius 3 is 1.64 bits per heavy atom. The number of nitrogens with two attached hydrogens (primary N) is 1. The molecule has 42 heavy (non-hydrogen) atoms. The van der Waals surface area contributed by atoms with E-state index in [1.54, 1.807) is 18.2 Å². The van der Waals surface area contributed by atoms with Crippen LogP contribution >= 0.6 is 0 Å². The molecule has 8 heteroatoms. The summed E-state index contributed by atoms with van der Waals surface area (Å²) in [5, 5.41) is 10.7. The van der Waals surface area contributed by atoms with E-state index in [9.17, 15) is 18.9 Å². The average molecular weight is 571 g/mol. The van der Waals surface area contributed by atoms with Crippen LogP contribution in [0.1, 0.15) is 46.9 Å². The van der Waals surface area contributed by atoms with Gasteiger partial charge in [-0.05, 0) is 78.2 Å². The maximum Gasteiger partial charge on any atom is 0.304 e. The van der Waals surface area contributed by atoms with Crippen molar-refractivity contribution in [1.29, 1.82) is 0 Å². The van der Waals surface area contributed by atoms with Crippen LogP contribution in [0.3, 0.4) is 0 Å². The molecule has 6 nitrogen and oxygen atoms in total. The predicted octanol–water partition coefficient (Wildman–Crippen LogP) is 7.12. The first-order valence-corrected chi connectivity index (χ1v) is 14.4. The number of halogens is 2. The smallest absolute Gasteiger partial charge is 0.304 e. The Balaban J connectivity index is 0.000000169. The van der Waals surface area contributed by atoms with E-state index >= 15 is 0 Å². The van der Waals surface area contributed by atoms with Gasteiger partial charge in [0.15, 0.2) is 0 Å². The van der Waals surface area contributed by atoms with E-state index < -0.39 is 16.4 Å². The van der Waals surface area contributed by atoms with Gasteiger partial charge in [0.2, 0.25) is 5.82 Å². The molecular weight excluding hydrogens is 534 g/mol. The van der Waals surface area contributed by atoms with Crippen LogP contribution < -0.4 is 5.73 Å². The van der Waals surface area contributed by atoms with Gasteiger partial charge in [-0.15, -0.1) is 0 Å². The zero-order valence-electron chi connectivity index (χ0n) is 23.5. The molecule has 0 amide bonds. The second-order valence-corrected chi connectivity index (χ2v) is 11.2. The molecule has 2 N–H and O–H groups in total. The summed E-state index contributed by atoms with van der Waals surface area (Å²) in [4.78, 5) is 14.7. The van der Waals surface area contributed by atoms with Gasteiger partial charge in [0.25, 0.3) is 0 Å². The number of anilines is 1. The standard InChI is InChI=1S/C17H17FN2O2.C17H19FN2/c18-16-10-14(6-7-17(16)20(21)22)15-8-9-19(12-15)11-13-4-2-1-3-5-13;18-16-10-14(6-7-17(16)19)15-8-9-20(12-15)11-13-4-2-1-3-5-13/h1-7,10,15H,8-9,11-12H2;1-7,10,15H,8-9,11-12,19H2. The molecule has 0 saturated carbocycles. The van der Waals surface area contributed by atoms with Gasteiger partial charge in [0.1, 0.15) is 5.82 Å². The normalized spacial score (nSPS) is 18.9. The summed E-state index contributed by atoms with van der Waals surface area (Å²) in [5.74, 6) is -0.402. The van der Waals surface area contributed by atoms with Crippen molar-refractivity contribution < 1.29 is 13.7 Å². The lowest BCUT2D eigenvalue weighted by atomic mass is 9.98. The number of benzene rings is 4. The highest BCUT2D eigenvalue weighted by Gasteiger charge is 2.26. The van der Waals surface area contributed by atoms with Gasteiger partial charge in [-0.3, -0.25) is 19.9 Å². The van der Waals surface area contributed by atoms with E-state index in [-0.39, 0.29) is 17.4 Å². The number of hydrogen-bond donors (Lipinski definition) is 1. The summed E-state index contributed by atoms with van der Waals surface area (Å²) in [7, 11) is 0. The van der Waals surface area contributed by atoms with Crippen molar-refractivity contribution in [3.8, 4) is 0 Å². The van der Waals surface area contributed by atoms with E-state index in [1.807, 2.05) is 30.3 Å². The molecule has 4 aromatic rings. The predicted molar refractivity (Wildman–Crippen MR) is 162 cm³/mol. The maximum atomic E-state index is 13.7. The number of nitrogens with zero attached hydrogens (tertiary/aromatic N) is 3. The van der Waals surface area contributed by atoms with E-state index in [4.69, 9.17) is 5.73 Å². The second-order valence-electron chi connectivity index (χ2n) is 11.2. The Morgan fingerprint density at radius 1 is 0.714 bits per heavy atom. The zero-order chi connectivity index (χ0) is 29.5. The Hall–Kier alpha value is -4.14. The topological polar surface area (TPSA) is 75.6 Å². The minimum atomic E-state index is -0.746. The first-order chi connectivity index (χ1) is 20.4. The van der Waals surface area contributed by atoms with Crippen LogP contribution in [-0.2, 0) is 13.1 Å². The zero-order valence-corrected chi connectivity index (χ0v) is 23.5. The Kier molecular flexibility index (Phi) is 9.56. The van der Waals surface area contributed by atoms with Crippen LogP contribution in [0.2, 0.25) is 0 Å². The molecule has 2 fully saturated rings. The first-order valence-electron chi connectivity index (χ1n) is 14.4. The third-order valence-corrected chi connectivity index (χ3v) is 8.18. The molecule has 2 aliphatic heterocycles. The van der Waals surface area contributed by atoms with E-state index in [2.05, 4.69) is 46.2 Å². The SMILES string of the molecule is Nc1ccc(C2CCN(Cc3ccccc3)C2)cc1F.O=[N+]([O-])c1ccc(C2CCN(Cc3ccccc3)C2)cc1F. The minimum Gasteiger partial charge on any atom is -0.396 e. The van der Waals surface area contributed by atoms with E-state index in [0.717, 1.165) is 63.2 Å². The molecule has 0 aliphatic carbocycles. The van der Waals surface area contributed by atoms with Gasteiger partial charge in [-0.1, -0.05) is 72.8 Å². The molecule has 2 aliphatic rings. The Morgan fingerprint density at radius 2 is 1.19 bits per heavy atom. The molecule has 2 atom stereocenters.